The van der Waals surface area contributed by atoms with Crippen molar-refractivity contribution in [3.05, 3.63) is 0 Å². The number of likely N-dealkylation sites (tertiary alicyclic amines) is 1. The summed E-state index contributed by atoms with van der Waals surface area (Å²) in [5, 5.41) is 9.54. The maximum atomic E-state index is 12.8. The molecule has 5 N–H and O–H groups in total. The van der Waals surface area contributed by atoms with E-state index in [1.54, 1.807) is 11.9 Å². The number of urea groups is 1. The van der Waals surface area contributed by atoms with Crippen molar-refractivity contribution in [2.75, 3.05) is 33.7 Å². The number of carboxylic acid groups (broad SMARTS) is 1. The van der Waals surface area contributed by atoms with Gasteiger partial charge in [-0.2, -0.15) is 0 Å². The molecule has 1 saturated carbocycles. The lowest BCUT2D eigenvalue weighted by atomic mass is 9.84. The quantitative estimate of drug-likeness (QED) is 0.194. The number of nitrogens with two attached hydrogens (primary N) is 2. The molecule has 2 aliphatic rings. The van der Waals surface area contributed by atoms with Gasteiger partial charge in [-0.1, -0.05) is 27.7 Å². The molecule has 11 nitrogen and oxygen atoms in total. The van der Waals surface area contributed by atoms with Crippen molar-refractivity contribution in [2.24, 2.45) is 39.1 Å². The number of aliphatic carboxylic acids is 1. The predicted octanol–water partition coefficient (Wildman–Crippen LogP) is 0.144. The zero-order valence-electron chi connectivity index (χ0n) is 19.8. The molecule has 0 bridgehead atoms. The minimum atomic E-state index is -1.23. The van der Waals surface area contributed by atoms with Crippen LogP contribution >= 0.6 is 0 Å². The number of hydrogen-bond donors (Lipinski definition) is 3. The number of carboxylic acids is 1. The Morgan fingerprint density at radius 3 is 2.06 bits per heavy atom. The number of carbonyl (C=O) groups excluding carboxylic acids is 3. The molecule has 0 spiro atoms. The number of aliphatic imine (C=N–C) groups is 1. The number of β-lactam (4-membered cyclic amide) rings is 1. The molecule has 1 aliphatic carbocycles. The van der Waals surface area contributed by atoms with E-state index in [-0.39, 0.29) is 54.7 Å². The van der Waals surface area contributed by atoms with Gasteiger partial charge < -0.3 is 26.4 Å². The summed E-state index contributed by atoms with van der Waals surface area (Å²) in [6.45, 7) is 9.00. The third kappa shape index (κ3) is 4.51. The highest BCUT2D eigenvalue weighted by atomic mass is 16.4. The molecular weight excluding hydrogens is 416 g/mol. The average molecular weight is 453 g/mol. The Morgan fingerprint density at radius 2 is 1.59 bits per heavy atom. The summed E-state index contributed by atoms with van der Waals surface area (Å²) < 4.78 is 0. The van der Waals surface area contributed by atoms with Crippen LogP contribution in [0.3, 0.4) is 0 Å². The molecule has 180 valence electrons. The van der Waals surface area contributed by atoms with Crippen LogP contribution in [-0.2, 0) is 14.4 Å². The highest BCUT2D eigenvalue weighted by Gasteiger charge is 2.68. The number of carbonyl (C=O) groups is 4. The molecule has 1 saturated heterocycles. The van der Waals surface area contributed by atoms with Gasteiger partial charge in [0.1, 0.15) is 0 Å². The summed E-state index contributed by atoms with van der Waals surface area (Å²) in [6, 6.07) is -1.90. The SMILES string of the molecule is CN(CCN(C)C(=O)N1C(=O)[C@H](CCCN=C(N)N)C1C(=O)O)C(=O)C1C(C)(C)C1(C)C. The molecule has 0 aromatic carbocycles. The van der Waals surface area contributed by atoms with Crippen molar-refractivity contribution >= 4 is 29.8 Å². The predicted molar refractivity (Wildman–Crippen MR) is 118 cm³/mol. The third-order valence-corrected chi connectivity index (χ3v) is 7.38. The average Bonchev–Trinajstić information content (AvgIpc) is 3.09. The number of nitrogens with zero attached hydrogens (tertiary/aromatic N) is 4. The van der Waals surface area contributed by atoms with Crippen molar-refractivity contribution in [1.29, 1.82) is 0 Å². The van der Waals surface area contributed by atoms with Gasteiger partial charge in [0.05, 0.1) is 5.92 Å². The zero-order chi connectivity index (χ0) is 24.6. The largest absolute Gasteiger partial charge is 0.480 e. The van der Waals surface area contributed by atoms with Crippen molar-refractivity contribution in [1.82, 2.24) is 14.7 Å². The van der Waals surface area contributed by atoms with E-state index in [1.807, 2.05) is 0 Å². The monoisotopic (exact) mass is 452 g/mol. The van der Waals surface area contributed by atoms with E-state index in [2.05, 4.69) is 32.7 Å². The summed E-state index contributed by atoms with van der Waals surface area (Å²) >= 11 is 0. The van der Waals surface area contributed by atoms with Crippen molar-refractivity contribution in [2.45, 2.75) is 46.6 Å². The smallest absolute Gasteiger partial charge is 0.327 e. The molecule has 2 rings (SSSR count). The van der Waals surface area contributed by atoms with Gasteiger partial charge in [-0.25, -0.2) is 14.5 Å². The van der Waals surface area contributed by atoms with Gasteiger partial charge >= 0.3 is 12.0 Å². The Hall–Kier alpha value is -2.85. The van der Waals surface area contributed by atoms with E-state index in [0.29, 0.717) is 6.42 Å². The van der Waals surface area contributed by atoms with Crippen molar-refractivity contribution < 1.29 is 24.3 Å². The van der Waals surface area contributed by atoms with Crippen LogP contribution in [0, 0.1) is 22.7 Å². The molecule has 1 unspecified atom stereocenters. The van der Waals surface area contributed by atoms with Crippen molar-refractivity contribution in [3.63, 3.8) is 0 Å². The fraction of sp³-hybridized carbons (Fsp3) is 0.762. The fourth-order valence-corrected chi connectivity index (χ4v) is 4.57. The first kappa shape index (κ1) is 25.4. The van der Waals surface area contributed by atoms with E-state index in [9.17, 15) is 24.3 Å². The standard InChI is InChI=1S/C21H36N6O5/c1-20(2)14(21(20,3)4)16(29)25(5)10-11-26(6)19(32)27-13(17(30)31)12(15(27)28)8-7-9-24-18(22)23/h12-14H,7-11H2,1-6H3,(H,30,31)(H4,22,23,24)/t12-,13?/m1/s1. The number of imide groups is 1. The van der Waals surface area contributed by atoms with Gasteiger partial charge in [-0.3, -0.25) is 14.6 Å². The van der Waals surface area contributed by atoms with E-state index in [0.717, 1.165) is 4.90 Å². The van der Waals surface area contributed by atoms with Crippen LogP contribution < -0.4 is 11.5 Å². The number of hydrogen-bond acceptors (Lipinski definition) is 5. The molecule has 11 heteroatoms. The summed E-state index contributed by atoms with van der Waals surface area (Å²) in [5.74, 6) is -2.69. The second kappa shape index (κ2) is 8.95. The van der Waals surface area contributed by atoms with Crippen LogP contribution in [0.5, 0.6) is 0 Å². The molecule has 0 aromatic rings. The van der Waals surface area contributed by atoms with Gasteiger partial charge in [0.2, 0.25) is 11.8 Å². The summed E-state index contributed by atoms with van der Waals surface area (Å²) in [5.41, 5.74) is 10.3. The zero-order valence-corrected chi connectivity index (χ0v) is 19.8. The van der Waals surface area contributed by atoms with Gasteiger partial charge in [-0.15, -0.1) is 0 Å². The first-order valence-corrected chi connectivity index (χ1v) is 10.8. The van der Waals surface area contributed by atoms with Crippen LogP contribution in [0.15, 0.2) is 4.99 Å². The Balaban J connectivity index is 1.91. The minimum absolute atomic E-state index is 0.0186. The highest BCUT2D eigenvalue weighted by Crippen LogP contribution is 2.68. The summed E-state index contributed by atoms with van der Waals surface area (Å²) in [4.78, 5) is 57.2. The lowest BCUT2D eigenvalue weighted by Gasteiger charge is -2.44. The van der Waals surface area contributed by atoms with Gasteiger partial charge in [0, 0.05) is 39.6 Å². The molecule has 2 atom stereocenters. The van der Waals surface area contributed by atoms with Gasteiger partial charge in [-0.05, 0) is 23.7 Å². The van der Waals surface area contributed by atoms with Crippen LogP contribution in [-0.4, -0.2) is 89.4 Å². The van der Waals surface area contributed by atoms with E-state index in [4.69, 9.17) is 11.5 Å². The molecule has 4 amide bonds. The van der Waals surface area contributed by atoms with E-state index >= 15 is 0 Å². The molecule has 2 fully saturated rings. The molecule has 1 aliphatic heterocycles. The first-order valence-electron chi connectivity index (χ1n) is 10.8. The maximum Gasteiger partial charge on any atom is 0.327 e. The van der Waals surface area contributed by atoms with Crippen LogP contribution in [0.25, 0.3) is 0 Å². The summed E-state index contributed by atoms with van der Waals surface area (Å²) in [6.07, 6.45) is 0.695. The molecule has 0 aromatic heterocycles. The first-order chi connectivity index (χ1) is 14.7. The normalized spacial score (nSPS) is 23.2. The topological polar surface area (TPSA) is 163 Å². The second-order valence-electron chi connectivity index (χ2n) is 9.89. The molecule has 1 heterocycles. The van der Waals surface area contributed by atoms with Crippen LogP contribution in [0.1, 0.15) is 40.5 Å². The second-order valence-corrected chi connectivity index (χ2v) is 9.89. The van der Waals surface area contributed by atoms with Crippen LogP contribution in [0.2, 0.25) is 0 Å². The van der Waals surface area contributed by atoms with E-state index < -0.39 is 29.9 Å². The Labute approximate surface area is 188 Å². The number of guanidine groups is 1. The minimum Gasteiger partial charge on any atom is -0.480 e. The molecule has 0 radical (unpaired) electrons. The lowest BCUT2D eigenvalue weighted by molar-refractivity contribution is -0.166. The summed E-state index contributed by atoms with van der Waals surface area (Å²) in [7, 11) is 3.18. The molecule has 32 heavy (non-hydrogen) atoms. The van der Waals surface area contributed by atoms with Crippen LogP contribution in [0.4, 0.5) is 4.79 Å². The molecular formula is C21H36N6O5. The number of likely N-dealkylation sites (N-methyl/N-ethyl adjacent to an activating group) is 2. The van der Waals surface area contributed by atoms with Gasteiger partial charge in [0.15, 0.2) is 12.0 Å². The Bertz CT molecular complexity index is 805. The highest BCUT2D eigenvalue weighted by molar-refractivity contribution is 6.07. The fourth-order valence-electron chi connectivity index (χ4n) is 4.57. The Morgan fingerprint density at radius 1 is 1.06 bits per heavy atom. The Kier molecular flexibility index (Phi) is 7.11. The van der Waals surface area contributed by atoms with E-state index in [1.165, 1.54) is 11.9 Å². The maximum absolute atomic E-state index is 12.8. The number of rotatable bonds is 9. The van der Waals surface area contributed by atoms with Crippen molar-refractivity contribution in [3.8, 4) is 0 Å². The van der Waals surface area contributed by atoms with Gasteiger partial charge in [0.25, 0.3) is 0 Å². The third-order valence-electron chi connectivity index (χ3n) is 7.38. The number of amides is 4. The lowest BCUT2D eigenvalue weighted by Crippen LogP contribution is -2.68.